The molecule has 0 bridgehead atoms. The molecule has 1 saturated heterocycles. The van der Waals surface area contributed by atoms with Crippen molar-refractivity contribution in [1.82, 2.24) is 0 Å². The zero-order valence-electron chi connectivity index (χ0n) is 17.7. The number of rotatable bonds is 5. The number of anilines is 1. The second kappa shape index (κ2) is 8.88. The highest BCUT2D eigenvalue weighted by Gasteiger charge is 2.50. The fourth-order valence-corrected chi connectivity index (χ4v) is 5.65. The van der Waals surface area contributed by atoms with Crippen molar-refractivity contribution >= 4 is 39.1 Å². The minimum Gasteiger partial charge on any atom is -0.497 e. The summed E-state index contributed by atoms with van der Waals surface area (Å²) in [6.45, 7) is 0. The van der Waals surface area contributed by atoms with E-state index in [0.717, 1.165) is 12.1 Å². The molecule has 6 nitrogen and oxygen atoms in total. The number of sulfone groups is 1. The molecule has 0 N–H and O–H groups in total. The minimum atomic E-state index is -4.19. The van der Waals surface area contributed by atoms with E-state index < -0.39 is 31.8 Å². The normalized spacial score (nSPS) is 18.5. The Kier molecular flexibility index (Phi) is 6.14. The summed E-state index contributed by atoms with van der Waals surface area (Å²) in [6.07, 6.45) is 1.28. The van der Waals surface area contributed by atoms with E-state index in [2.05, 4.69) is 0 Å². The predicted molar refractivity (Wildman–Crippen MR) is 125 cm³/mol. The van der Waals surface area contributed by atoms with Crippen LogP contribution in [0.15, 0.2) is 71.6 Å². The number of benzene rings is 3. The average molecular weight is 488 g/mol. The van der Waals surface area contributed by atoms with Crippen LogP contribution in [0.25, 0.3) is 6.08 Å². The van der Waals surface area contributed by atoms with Crippen LogP contribution in [0, 0.1) is 5.82 Å². The van der Waals surface area contributed by atoms with Crippen molar-refractivity contribution in [3.63, 3.8) is 0 Å². The molecule has 4 rings (SSSR count). The van der Waals surface area contributed by atoms with Crippen LogP contribution in [0.4, 0.5) is 10.1 Å². The number of hydrogen-bond donors (Lipinski definition) is 0. The van der Waals surface area contributed by atoms with E-state index in [0.29, 0.717) is 27.8 Å². The molecule has 3 aromatic rings. The van der Waals surface area contributed by atoms with Crippen LogP contribution in [0.1, 0.15) is 16.5 Å². The number of ether oxygens (including phenoxy) is 2. The van der Waals surface area contributed by atoms with Gasteiger partial charge in [-0.05, 0) is 60.2 Å². The van der Waals surface area contributed by atoms with Gasteiger partial charge in [0.25, 0.3) is 5.91 Å². The van der Waals surface area contributed by atoms with Crippen molar-refractivity contribution in [1.29, 1.82) is 0 Å². The molecule has 0 saturated carbocycles. The summed E-state index contributed by atoms with van der Waals surface area (Å²) in [5, 5.41) is -0.937. The molecule has 33 heavy (non-hydrogen) atoms. The second-order valence-electron chi connectivity index (χ2n) is 7.22. The van der Waals surface area contributed by atoms with Gasteiger partial charge in [0.1, 0.15) is 22.2 Å². The Morgan fingerprint density at radius 2 is 1.64 bits per heavy atom. The van der Waals surface area contributed by atoms with Crippen LogP contribution < -0.4 is 14.4 Å². The number of carbonyl (C=O) groups is 1. The van der Waals surface area contributed by atoms with Gasteiger partial charge in [0.15, 0.2) is 5.37 Å². The first-order valence-corrected chi connectivity index (χ1v) is 11.7. The van der Waals surface area contributed by atoms with Gasteiger partial charge in [0.05, 0.1) is 14.2 Å². The molecule has 1 amide bonds. The van der Waals surface area contributed by atoms with Gasteiger partial charge in [-0.2, -0.15) is 0 Å². The quantitative estimate of drug-likeness (QED) is 0.474. The third-order valence-corrected chi connectivity index (χ3v) is 7.48. The van der Waals surface area contributed by atoms with Crippen molar-refractivity contribution in [3.05, 3.63) is 93.6 Å². The van der Waals surface area contributed by atoms with E-state index in [4.69, 9.17) is 21.1 Å². The van der Waals surface area contributed by atoms with Gasteiger partial charge in [-0.25, -0.2) is 12.8 Å². The summed E-state index contributed by atoms with van der Waals surface area (Å²) < 4.78 is 51.4. The van der Waals surface area contributed by atoms with E-state index in [1.165, 1.54) is 37.3 Å². The highest BCUT2D eigenvalue weighted by molar-refractivity contribution is 7.97. The van der Waals surface area contributed by atoms with Crippen LogP contribution in [-0.4, -0.2) is 28.5 Å². The Bertz CT molecular complexity index is 1340. The molecule has 0 unspecified atom stereocenters. The Hall–Kier alpha value is -3.36. The van der Waals surface area contributed by atoms with Crippen LogP contribution in [0.2, 0.25) is 5.02 Å². The van der Waals surface area contributed by atoms with Crippen molar-refractivity contribution in [2.75, 3.05) is 19.1 Å². The third-order valence-electron chi connectivity index (χ3n) is 5.25. The fraction of sp³-hybridized carbons (Fsp3) is 0.125. The summed E-state index contributed by atoms with van der Waals surface area (Å²) in [4.78, 5) is 14.3. The molecular weight excluding hydrogens is 469 g/mol. The first-order valence-electron chi connectivity index (χ1n) is 9.78. The van der Waals surface area contributed by atoms with Crippen LogP contribution in [0.3, 0.4) is 0 Å². The maximum absolute atomic E-state index is 13.7. The van der Waals surface area contributed by atoms with Gasteiger partial charge in [0.2, 0.25) is 9.84 Å². The van der Waals surface area contributed by atoms with E-state index in [9.17, 15) is 17.6 Å². The Labute approximate surface area is 195 Å². The molecule has 0 aliphatic carbocycles. The first-order chi connectivity index (χ1) is 15.8. The standard InChI is InChI=1S/C24H19ClFNO5S/c1-31-20-12-5-16(21(14-20)32-2)13-22-23(28)27(19-10-6-17(25)7-11-19)24(33(22,29)30)15-3-8-18(26)9-4-15/h3-14,24H,1-2H3/b22-13+/t24-/m1/s1. The number of nitrogens with zero attached hydrogens (tertiary/aromatic N) is 1. The zero-order valence-corrected chi connectivity index (χ0v) is 19.2. The fourth-order valence-electron chi connectivity index (χ4n) is 3.64. The number of carbonyl (C=O) groups excluding carboxylic acids is 1. The molecule has 0 radical (unpaired) electrons. The number of amides is 1. The molecular formula is C24H19ClFNO5S. The largest absolute Gasteiger partial charge is 0.497 e. The molecule has 0 spiro atoms. The van der Waals surface area contributed by atoms with Crippen molar-refractivity contribution in [3.8, 4) is 11.5 Å². The molecule has 1 aliphatic heterocycles. The highest BCUT2D eigenvalue weighted by Crippen LogP contribution is 2.44. The molecule has 1 aliphatic rings. The monoisotopic (exact) mass is 487 g/mol. The van der Waals surface area contributed by atoms with Gasteiger partial charge in [-0.3, -0.25) is 9.69 Å². The highest BCUT2D eigenvalue weighted by atomic mass is 35.5. The SMILES string of the molecule is COc1ccc(/C=C2\C(=O)N(c3ccc(Cl)cc3)[C@@H](c3ccc(F)cc3)S2(=O)=O)c(OC)c1. The van der Waals surface area contributed by atoms with Gasteiger partial charge >= 0.3 is 0 Å². The predicted octanol–water partition coefficient (Wildman–Crippen LogP) is 5.00. The molecule has 9 heteroatoms. The lowest BCUT2D eigenvalue weighted by molar-refractivity contribution is -0.114. The van der Waals surface area contributed by atoms with Gasteiger partial charge in [0, 0.05) is 22.3 Å². The lowest BCUT2D eigenvalue weighted by Gasteiger charge is -2.23. The van der Waals surface area contributed by atoms with Gasteiger partial charge in [-0.15, -0.1) is 0 Å². The molecule has 1 fully saturated rings. The maximum Gasteiger partial charge on any atom is 0.271 e. The Balaban J connectivity index is 1.91. The minimum absolute atomic E-state index is 0.254. The topological polar surface area (TPSA) is 72.9 Å². The number of halogens is 2. The molecule has 0 aromatic heterocycles. The van der Waals surface area contributed by atoms with Crippen molar-refractivity contribution in [2.45, 2.75) is 5.37 Å². The molecule has 3 aromatic carbocycles. The summed E-state index contributed by atoms with van der Waals surface area (Å²) >= 11 is 5.98. The lowest BCUT2D eigenvalue weighted by atomic mass is 10.1. The van der Waals surface area contributed by atoms with E-state index in [1.54, 1.807) is 42.5 Å². The van der Waals surface area contributed by atoms with Crippen molar-refractivity contribution in [2.24, 2.45) is 0 Å². The zero-order chi connectivity index (χ0) is 23.8. The molecule has 1 heterocycles. The van der Waals surface area contributed by atoms with Gasteiger partial charge in [-0.1, -0.05) is 23.7 Å². The van der Waals surface area contributed by atoms with Crippen LogP contribution in [-0.2, 0) is 14.6 Å². The van der Waals surface area contributed by atoms with E-state index in [1.807, 2.05) is 0 Å². The lowest BCUT2D eigenvalue weighted by Crippen LogP contribution is -2.28. The Morgan fingerprint density at radius 1 is 0.970 bits per heavy atom. The summed E-state index contributed by atoms with van der Waals surface area (Å²) in [5.41, 5.74) is 0.984. The van der Waals surface area contributed by atoms with Crippen LogP contribution >= 0.6 is 11.6 Å². The molecule has 1 atom stereocenters. The van der Waals surface area contributed by atoms with Crippen LogP contribution in [0.5, 0.6) is 11.5 Å². The molecule has 170 valence electrons. The third kappa shape index (κ3) is 4.19. The first kappa shape index (κ1) is 22.8. The Morgan fingerprint density at radius 3 is 2.24 bits per heavy atom. The van der Waals surface area contributed by atoms with E-state index in [-0.39, 0.29) is 5.56 Å². The van der Waals surface area contributed by atoms with E-state index >= 15 is 0 Å². The number of hydrogen-bond acceptors (Lipinski definition) is 5. The maximum atomic E-state index is 13.7. The summed E-state index contributed by atoms with van der Waals surface area (Å²) in [6, 6.07) is 16.1. The number of methoxy groups -OCH3 is 2. The smallest absolute Gasteiger partial charge is 0.271 e. The summed E-state index contributed by atoms with van der Waals surface area (Å²) in [7, 11) is -1.27. The summed E-state index contributed by atoms with van der Waals surface area (Å²) in [5.74, 6) is -0.378. The van der Waals surface area contributed by atoms with Gasteiger partial charge < -0.3 is 9.47 Å². The average Bonchev–Trinajstić information content (AvgIpc) is 3.00. The second-order valence-corrected chi connectivity index (χ2v) is 9.63. The van der Waals surface area contributed by atoms with Crippen molar-refractivity contribution < 1.29 is 27.1 Å².